The highest BCUT2D eigenvalue weighted by molar-refractivity contribution is 5.86. The Morgan fingerprint density at radius 1 is 1.43 bits per heavy atom. The minimum Gasteiger partial charge on any atom is -0.352 e. The normalized spacial score (nSPS) is 23.0. The third kappa shape index (κ3) is 2.47. The molecule has 2 atom stereocenters. The van der Waals surface area contributed by atoms with Gasteiger partial charge in [0.25, 0.3) is 0 Å². The average Bonchev–Trinajstić information content (AvgIpc) is 2.85. The lowest BCUT2D eigenvalue weighted by Crippen LogP contribution is -2.56. The topological polar surface area (TPSA) is 55.1 Å². The van der Waals surface area contributed by atoms with E-state index in [1.165, 1.54) is 0 Å². The van der Waals surface area contributed by atoms with Gasteiger partial charge < -0.3 is 11.1 Å². The van der Waals surface area contributed by atoms with Crippen molar-refractivity contribution < 1.29 is 4.79 Å². The van der Waals surface area contributed by atoms with Gasteiger partial charge in [-0.3, -0.25) is 4.79 Å². The van der Waals surface area contributed by atoms with Crippen LogP contribution in [-0.2, 0) is 4.79 Å². The molecule has 0 aromatic rings. The standard InChI is InChI=1S/C11H22N2O/c1-7(2)8(3)13-10(14)11(4,12)9-5-6-9/h7-9H,5-6,12H2,1-4H3,(H,13,14). The molecule has 1 amide bonds. The molecule has 82 valence electrons. The van der Waals surface area contributed by atoms with Crippen molar-refractivity contribution in [3.8, 4) is 0 Å². The van der Waals surface area contributed by atoms with Crippen LogP contribution in [0.3, 0.4) is 0 Å². The Balaban J connectivity index is 2.48. The molecule has 0 aromatic heterocycles. The zero-order valence-electron chi connectivity index (χ0n) is 9.63. The number of carbonyl (C=O) groups is 1. The van der Waals surface area contributed by atoms with E-state index in [2.05, 4.69) is 19.2 Å². The van der Waals surface area contributed by atoms with Crippen LogP contribution >= 0.6 is 0 Å². The summed E-state index contributed by atoms with van der Waals surface area (Å²) in [4.78, 5) is 11.8. The first-order chi connectivity index (χ1) is 6.35. The van der Waals surface area contributed by atoms with Crippen LogP contribution in [0.1, 0.15) is 40.5 Å². The van der Waals surface area contributed by atoms with Gasteiger partial charge in [-0.1, -0.05) is 13.8 Å². The molecular formula is C11H22N2O. The largest absolute Gasteiger partial charge is 0.352 e. The summed E-state index contributed by atoms with van der Waals surface area (Å²) in [7, 11) is 0. The van der Waals surface area contributed by atoms with Gasteiger partial charge in [-0.2, -0.15) is 0 Å². The number of amides is 1. The molecule has 14 heavy (non-hydrogen) atoms. The lowest BCUT2D eigenvalue weighted by Gasteiger charge is -2.27. The Bertz CT molecular complexity index is 219. The maximum Gasteiger partial charge on any atom is 0.240 e. The second-order valence-electron chi connectivity index (χ2n) is 5.06. The van der Waals surface area contributed by atoms with Gasteiger partial charge in [0.05, 0.1) is 5.54 Å². The highest BCUT2D eigenvalue weighted by atomic mass is 16.2. The van der Waals surface area contributed by atoms with Crippen molar-refractivity contribution in [1.29, 1.82) is 0 Å². The maximum atomic E-state index is 11.8. The van der Waals surface area contributed by atoms with Crippen LogP contribution in [0.5, 0.6) is 0 Å². The van der Waals surface area contributed by atoms with Crippen molar-refractivity contribution in [2.45, 2.75) is 52.1 Å². The fraction of sp³-hybridized carbons (Fsp3) is 0.909. The Hall–Kier alpha value is -0.570. The summed E-state index contributed by atoms with van der Waals surface area (Å²) in [5.41, 5.74) is 5.34. The first kappa shape index (κ1) is 11.5. The van der Waals surface area contributed by atoms with E-state index in [4.69, 9.17) is 5.73 Å². The molecule has 0 aromatic carbocycles. The molecule has 3 heteroatoms. The van der Waals surface area contributed by atoms with E-state index in [9.17, 15) is 4.79 Å². The van der Waals surface area contributed by atoms with E-state index in [1.807, 2.05) is 13.8 Å². The van der Waals surface area contributed by atoms with Gasteiger partial charge in [-0.25, -0.2) is 0 Å². The predicted octanol–water partition coefficient (Wildman–Crippen LogP) is 1.27. The highest BCUT2D eigenvalue weighted by Gasteiger charge is 2.44. The Morgan fingerprint density at radius 3 is 2.29 bits per heavy atom. The molecule has 1 rings (SSSR count). The van der Waals surface area contributed by atoms with E-state index in [0.717, 1.165) is 12.8 Å². The zero-order valence-corrected chi connectivity index (χ0v) is 9.63. The molecule has 0 spiro atoms. The lowest BCUT2D eigenvalue weighted by molar-refractivity contribution is -0.127. The SMILES string of the molecule is CC(C)C(C)NC(=O)C(C)(N)C1CC1. The molecule has 1 fully saturated rings. The van der Waals surface area contributed by atoms with E-state index < -0.39 is 5.54 Å². The van der Waals surface area contributed by atoms with E-state index >= 15 is 0 Å². The van der Waals surface area contributed by atoms with Gasteiger partial charge in [0.1, 0.15) is 0 Å². The van der Waals surface area contributed by atoms with Crippen LogP contribution in [0.25, 0.3) is 0 Å². The molecule has 1 saturated carbocycles. The Labute approximate surface area is 86.4 Å². The van der Waals surface area contributed by atoms with Crippen LogP contribution in [0.2, 0.25) is 0 Å². The molecule has 0 heterocycles. The monoisotopic (exact) mass is 198 g/mol. The summed E-state index contributed by atoms with van der Waals surface area (Å²) in [5, 5.41) is 2.98. The van der Waals surface area contributed by atoms with Crippen molar-refractivity contribution >= 4 is 5.91 Å². The van der Waals surface area contributed by atoms with E-state index in [0.29, 0.717) is 11.8 Å². The van der Waals surface area contributed by atoms with Gasteiger partial charge in [0, 0.05) is 6.04 Å². The zero-order chi connectivity index (χ0) is 10.9. The average molecular weight is 198 g/mol. The molecule has 0 bridgehead atoms. The van der Waals surface area contributed by atoms with Crippen molar-refractivity contribution in [3.63, 3.8) is 0 Å². The van der Waals surface area contributed by atoms with Gasteiger partial charge in [-0.05, 0) is 38.5 Å². The lowest BCUT2D eigenvalue weighted by atomic mass is 9.95. The van der Waals surface area contributed by atoms with Crippen LogP contribution < -0.4 is 11.1 Å². The molecule has 2 unspecified atom stereocenters. The second-order valence-corrected chi connectivity index (χ2v) is 5.06. The van der Waals surface area contributed by atoms with E-state index in [1.54, 1.807) is 0 Å². The van der Waals surface area contributed by atoms with Crippen LogP contribution in [0.15, 0.2) is 0 Å². The third-order valence-corrected chi connectivity index (χ3v) is 3.27. The minimum atomic E-state index is -0.664. The summed E-state index contributed by atoms with van der Waals surface area (Å²) in [6.07, 6.45) is 2.19. The summed E-state index contributed by atoms with van der Waals surface area (Å²) in [5.74, 6) is 0.844. The summed E-state index contributed by atoms with van der Waals surface area (Å²) >= 11 is 0. The molecule has 1 aliphatic rings. The number of hydrogen-bond donors (Lipinski definition) is 2. The molecule has 0 radical (unpaired) electrons. The van der Waals surface area contributed by atoms with Gasteiger partial charge in [0.2, 0.25) is 5.91 Å². The quantitative estimate of drug-likeness (QED) is 0.715. The minimum absolute atomic E-state index is 0.00111. The summed E-state index contributed by atoms with van der Waals surface area (Å²) < 4.78 is 0. The molecule has 1 aliphatic carbocycles. The number of nitrogens with one attached hydrogen (secondary N) is 1. The van der Waals surface area contributed by atoms with Crippen LogP contribution in [-0.4, -0.2) is 17.5 Å². The smallest absolute Gasteiger partial charge is 0.240 e. The molecular weight excluding hydrogens is 176 g/mol. The van der Waals surface area contributed by atoms with E-state index in [-0.39, 0.29) is 11.9 Å². The number of rotatable bonds is 4. The van der Waals surface area contributed by atoms with Crippen LogP contribution in [0, 0.1) is 11.8 Å². The first-order valence-corrected chi connectivity index (χ1v) is 5.45. The fourth-order valence-corrected chi connectivity index (χ4v) is 1.40. The third-order valence-electron chi connectivity index (χ3n) is 3.27. The van der Waals surface area contributed by atoms with Crippen molar-refractivity contribution in [2.75, 3.05) is 0 Å². The molecule has 0 saturated heterocycles. The van der Waals surface area contributed by atoms with Crippen molar-refractivity contribution in [2.24, 2.45) is 17.6 Å². The Kier molecular flexibility index (Phi) is 3.20. The maximum absolute atomic E-state index is 11.8. The molecule has 3 nitrogen and oxygen atoms in total. The molecule has 3 N–H and O–H groups in total. The second kappa shape index (κ2) is 3.89. The number of carbonyl (C=O) groups excluding carboxylic acids is 1. The Morgan fingerprint density at radius 2 is 1.93 bits per heavy atom. The highest BCUT2D eigenvalue weighted by Crippen LogP contribution is 2.38. The van der Waals surface area contributed by atoms with Crippen LogP contribution in [0.4, 0.5) is 0 Å². The summed E-state index contributed by atoms with van der Waals surface area (Å²) in [6, 6.07) is 0.198. The van der Waals surface area contributed by atoms with Gasteiger partial charge >= 0.3 is 0 Å². The van der Waals surface area contributed by atoms with Gasteiger partial charge in [0.15, 0.2) is 0 Å². The van der Waals surface area contributed by atoms with Gasteiger partial charge in [-0.15, -0.1) is 0 Å². The van der Waals surface area contributed by atoms with Crippen molar-refractivity contribution in [1.82, 2.24) is 5.32 Å². The molecule has 0 aliphatic heterocycles. The number of nitrogens with two attached hydrogens (primary N) is 1. The fourth-order valence-electron chi connectivity index (χ4n) is 1.40. The number of hydrogen-bond acceptors (Lipinski definition) is 2. The predicted molar refractivity (Wildman–Crippen MR) is 57.8 cm³/mol. The summed E-state index contributed by atoms with van der Waals surface area (Å²) in [6.45, 7) is 8.05. The first-order valence-electron chi connectivity index (χ1n) is 5.45. The van der Waals surface area contributed by atoms with Crippen molar-refractivity contribution in [3.05, 3.63) is 0 Å².